The quantitative estimate of drug-likeness (QED) is 0.0134. The number of aromatic carboxylic acids is 6. The molecule has 0 saturated carbocycles. The van der Waals surface area contributed by atoms with Gasteiger partial charge in [-0.25, -0.2) is 38.4 Å². The predicted octanol–water partition coefficient (Wildman–Crippen LogP) is 16.1. The zero-order chi connectivity index (χ0) is 104. The van der Waals surface area contributed by atoms with Crippen LogP contribution in [0.15, 0.2) is 322 Å². The van der Waals surface area contributed by atoms with Crippen molar-refractivity contribution in [3.05, 3.63) is 444 Å². The minimum Gasteiger partial charge on any atom is -0.480 e. The molecule has 142 heavy (non-hydrogen) atoms. The lowest BCUT2D eigenvalue weighted by Crippen LogP contribution is -2.42. The van der Waals surface area contributed by atoms with Crippen LogP contribution in [-0.2, 0) is 46.9 Å². The molecule has 2 atom stereocenters. The molecular formula is C110H94N6O26. The molecule has 0 aliphatic carbocycles. The number of nitrogens with one attached hydrogen (secondary N) is 6. The average molecular weight is 1920 g/mol. The molecule has 0 heterocycles. The molecule has 0 aliphatic rings. The van der Waals surface area contributed by atoms with Gasteiger partial charge >= 0.3 is 47.8 Å². The molecule has 14 N–H and O–H groups in total. The summed E-state index contributed by atoms with van der Waals surface area (Å²) in [6.45, 7) is 6.44. The fraction of sp³-hybridized carbons (Fsp3) is 0.109. The number of carboxylic acid groups (broad SMARTS) is 8. The first-order valence-corrected chi connectivity index (χ1v) is 43.1. The lowest BCUT2D eigenvalue weighted by atomic mass is 9.98. The Bertz CT molecular complexity index is 6900. The van der Waals surface area contributed by atoms with Crippen LogP contribution in [-0.4, -0.2) is 153 Å². The lowest BCUT2D eigenvalue weighted by molar-refractivity contribution is -0.140. The number of carboxylic acids is 8. The summed E-state index contributed by atoms with van der Waals surface area (Å²) in [4.78, 5) is 209. The number of hydrogen-bond donors (Lipinski definition) is 14. The summed E-state index contributed by atoms with van der Waals surface area (Å²) in [5, 5.41) is 88.6. The topological polar surface area (TPSA) is 541 Å². The molecule has 0 radical (unpaired) electrons. The molecule has 0 fully saturated rings. The summed E-state index contributed by atoms with van der Waals surface area (Å²) < 4.78 is 0. The van der Waals surface area contributed by atoms with Crippen LogP contribution in [0.5, 0.6) is 0 Å². The highest BCUT2D eigenvalue weighted by molar-refractivity contribution is 6.11. The number of benzene rings is 13. The van der Waals surface area contributed by atoms with Gasteiger partial charge in [-0.2, -0.15) is 0 Å². The maximum atomic E-state index is 12.7. The van der Waals surface area contributed by atoms with Gasteiger partial charge in [0.05, 0.1) is 61.2 Å². The van der Waals surface area contributed by atoms with E-state index in [1.165, 1.54) is 130 Å². The third-order valence-electron chi connectivity index (χ3n) is 20.9. The highest BCUT2D eigenvalue weighted by Gasteiger charge is 2.28. The van der Waals surface area contributed by atoms with E-state index in [0.717, 1.165) is 38.9 Å². The highest BCUT2D eigenvalue weighted by Crippen LogP contribution is 2.27. The van der Waals surface area contributed by atoms with Crippen molar-refractivity contribution in [3.8, 4) is 23.5 Å². The molecule has 6 amide bonds. The summed E-state index contributed by atoms with van der Waals surface area (Å²) in [7, 11) is 0. The van der Waals surface area contributed by atoms with Crippen LogP contribution in [0.1, 0.15) is 234 Å². The first-order chi connectivity index (χ1) is 67.8. The predicted molar refractivity (Wildman–Crippen MR) is 523 cm³/mol. The van der Waals surface area contributed by atoms with Gasteiger partial charge in [-0.3, -0.25) is 43.2 Å². The number of terminal acetylenes is 1. The normalized spacial score (nSPS) is 10.5. The van der Waals surface area contributed by atoms with Gasteiger partial charge in [0.2, 0.25) is 0 Å². The maximum absolute atomic E-state index is 12.7. The Labute approximate surface area is 812 Å². The molecular weight excluding hydrogens is 1820 g/mol. The fourth-order valence-corrected chi connectivity index (χ4v) is 13.4. The van der Waals surface area contributed by atoms with Crippen molar-refractivity contribution < 1.29 is 127 Å². The SMILES string of the molecule is C#Cc1ccc(NC(=O)c2ccccc2-c2ccc(C(=O)O)cc2)cc1.CC(=O)CCc1ccc(CNC(=O)c2ccccc2C(=O)O)cc1.CC(=O)c1ccc(CNC(=O)c2ccccc2C(=O)O)c(C(C)=O)c1.CC(=O)c1ccc(CNC(=O)c2ccccc2C(=O)O)cc1.O=C(O)c1ccccc1C(=O)NC(C(=O)O)c1ccccc1.O=C(O)c1ccccc1C(=O)NC(Cc1ccccc1)C(=O)O. The molecule has 0 spiro atoms. The minimum atomic E-state index is -1.25. The van der Waals surface area contributed by atoms with Crippen molar-refractivity contribution in [2.75, 3.05) is 5.32 Å². The zero-order valence-corrected chi connectivity index (χ0v) is 76.5. The Morgan fingerprint density at radius 2 is 0.655 bits per heavy atom. The molecule has 32 heteroatoms. The van der Waals surface area contributed by atoms with Gasteiger partial charge in [0.15, 0.2) is 23.4 Å². The van der Waals surface area contributed by atoms with Crippen molar-refractivity contribution in [1.82, 2.24) is 26.6 Å². The molecule has 13 aromatic carbocycles. The minimum absolute atomic E-state index is 0.0189. The van der Waals surface area contributed by atoms with Gasteiger partial charge in [0.25, 0.3) is 35.4 Å². The van der Waals surface area contributed by atoms with Crippen LogP contribution in [0.25, 0.3) is 11.1 Å². The van der Waals surface area contributed by atoms with E-state index in [1.54, 1.807) is 183 Å². The molecule has 0 aromatic heterocycles. The van der Waals surface area contributed by atoms with Crippen LogP contribution in [0.2, 0.25) is 0 Å². The van der Waals surface area contributed by atoms with Gasteiger partial charge in [0.1, 0.15) is 11.8 Å². The summed E-state index contributed by atoms with van der Waals surface area (Å²) in [6, 6.07) is 83.8. The number of hydrogen-bond acceptors (Lipinski definition) is 18. The number of amides is 6. The number of rotatable bonds is 33. The van der Waals surface area contributed by atoms with Gasteiger partial charge in [-0.15, -0.1) is 6.42 Å². The zero-order valence-electron chi connectivity index (χ0n) is 76.5. The van der Waals surface area contributed by atoms with E-state index in [9.17, 15) is 96.5 Å². The van der Waals surface area contributed by atoms with Gasteiger partial charge in [-0.1, -0.05) is 218 Å². The molecule has 0 saturated heterocycles. The number of anilines is 1. The first-order valence-electron chi connectivity index (χ1n) is 43.1. The second kappa shape index (κ2) is 53.7. The second-order valence-electron chi connectivity index (χ2n) is 30.9. The number of ketones is 4. The van der Waals surface area contributed by atoms with Gasteiger partial charge in [0, 0.05) is 66.0 Å². The van der Waals surface area contributed by atoms with Crippen LogP contribution in [0.3, 0.4) is 0 Å². The lowest BCUT2D eigenvalue weighted by Gasteiger charge is -2.15. The molecule has 0 aliphatic heterocycles. The van der Waals surface area contributed by atoms with E-state index in [4.69, 9.17) is 37.1 Å². The molecule has 32 nitrogen and oxygen atoms in total. The van der Waals surface area contributed by atoms with E-state index in [-0.39, 0.29) is 110 Å². The van der Waals surface area contributed by atoms with Crippen molar-refractivity contribution in [2.45, 2.75) is 78.7 Å². The van der Waals surface area contributed by atoms with Crippen LogP contribution < -0.4 is 31.9 Å². The number of Topliss-reactive ketones (excluding diaryl/α,β-unsaturated/α-hetero) is 4. The number of carbonyl (C=O) groups is 18. The van der Waals surface area contributed by atoms with Crippen LogP contribution in [0.4, 0.5) is 5.69 Å². The first kappa shape index (κ1) is 108. The second-order valence-corrected chi connectivity index (χ2v) is 30.9. The van der Waals surface area contributed by atoms with E-state index in [0.29, 0.717) is 58.5 Å². The molecule has 13 aromatic rings. The molecule has 720 valence electrons. The highest BCUT2D eigenvalue weighted by atomic mass is 16.4. The van der Waals surface area contributed by atoms with E-state index >= 15 is 0 Å². The Balaban J connectivity index is 0.000000209. The summed E-state index contributed by atoms with van der Waals surface area (Å²) in [5.41, 5.74) is 9.08. The Kier molecular flexibility index (Phi) is 40.8. The van der Waals surface area contributed by atoms with Gasteiger partial charge in [-0.05, 0) is 188 Å². The average Bonchev–Trinajstić information content (AvgIpc) is 0.810. The maximum Gasteiger partial charge on any atom is 0.336 e. The van der Waals surface area contributed by atoms with Gasteiger partial charge < -0.3 is 77.5 Å². The number of carbonyl (C=O) groups excluding carboxylic acids is 10. The molecule has 2 unspecified atom stereocenters. The van der Waals surface area contributed by atoms with Crippen molar-refractivity contribution in [2.24, 2.45) is 0 Å². The van der Waals surface area contributed by atoms with Crippen molar-refractivity contribution >= 4 is 112 Å². The summed E-state index contributed by atoms with van der Waals surface area (Å²) >= 11 is 0. The van der Waals surface area contributed by atoms with E-state index < -0.39 is 89.4 Å². The molecule has 13 rings (SSSR count). The van der Waals surface area contributed by atoms with E-state index in [1.807, 2.05) is 36.4 Å². The fourth-order valence-electron chi connectivity index (χ4n) is 13.4. The standard InChI is InChI=1S/C22H15NO3.C19H17NO5.C19H19NO4.C17H15NO5.C17H15NO4.C16H13NO5/c1-2-15-7-13-18(14-8-15)23-21(24)20-6-4-3-5-19(20)16-9-11-17(12-10-16)22(25)26;1-11(21)13-7-8-14(17(9-13)12(2)22)10-20-18(23)15-5-3-4-6-16(15)19(24)25;1-13(21)6-7-14-8-10-15(11-9-14)12-20-18(22)16-4-2-3-5-17(16)19(23)24;19-15(12-8-4-5-9-13(12)16(20)21)18-14(17(22)23)10-11-6-2-1-3-7-11;1-11(19)13-8-6-12(7-9-13)10-18-16(20)14-4-2-3-5-15(14)17(21)22;18-14(11-8-4-5-9-12(11)15(19)20)17-13(16(21)22)10-6-2-1-3-7-10/h1,3-14H,(H,23,24)(H,25,26);3-9H,10H2,1-2H3,(H,20,23)(H,24,25);2-5,8-11H,6-7,12H2,1H3,(H,20,22)(H,23,24);1-9,14H,10H2,(H,18,19)(H,20,21)(H,22,23);2-9H,10H2,1H3,(H,18,20)(H,21,22);1-9,13H,(H,17,18)(H,19,20)(H,21,22). The number of aryl methyl sites for hydroxylation is 1. The van der Waals surface area contributed by atoms with Crippen molar-refractivity contribution in [1.29, 1.82) is 0 Å². The third kappa shape index (κ3) is 32.8. The summed E-state index contributed by atoms with van der Waals surface area (Å²) in [5.74, 6) is -10.2. The Hall–Kier alpha value is -19.3. The third-order valence-corrected chi connectivity index (χ3v) is 20.9. The van der Waals surface area contributed by atoms with Crippen LogP contribution >= 0.6 is 0 Å². The monoisotopic (exact) mass is 1910 g/mol. The van der Waals surface area contributed by atoms with E-state index in [2.05, 4.69) is 37.8 Å². The number of aliphatic carboxylic acids is 2. The Morgan fingerprint density at radius 1 is 0.296 bits per heavy atom. The summed E-state index contributed by atoms with van der Waals surface area (Å²) in [6.07, 6.45) is 6.66. The Morgan fingerprint density at radius 3 is 1.04 bits per heavy atom. The van der Waals surface area contributed by atoms with Crippen molar-refractivity contribution in [3.63, 3.8) is 0 Å². The van der Waals surface area contributed by atoms with Crippen LogP contribution in [0, 0.1) is 12.3 Å². The smallest absolute Gasteiger partial charge is 0.336 e. The largest absolute Gasteiger partial charge is 0.480 e. The molecule has 0 bridgehead atoms.